The molecule has 4 rings (SSSR count). The van der Waals surface area contributed by atoms with E-state index >= 15 is 0 Å². The molecule has 0 bridgehead atoms. The molecule has 0 saturated carbocycles. The average Bonchev–Trinajstić information content (AvgIpc) is 3.40. The van der Waals surface area contributed by atoms with Crippen LogP contribution in [0.15, 0.2) is 78.9 Å². The molecule has 1 heterocycles. The molecule has 1 aliphatic rings. The molecule has 0 aliphatic carbocycles. The van der Waals surface area contributed by atoms with Gasteiger partial charge in [0.2, 0.25) is 5.91 Å². The number of carbonyl (C=O) groups excluding carboxylic acids is 2. The summed E-state index contributed by atoms with van der Waals surface area (Å²) in [6.45, 7) is 1.78. The molecule has 7 nitrogen and oxygen atoms in total. The van der Waals surface area contributed by atoms with Crippen LogP contribution in [0, 0.1) is 0 Å². The monoisotopic (exact) mass is 533 g/mol. The van der Waals surface area contributed by atoms with Crippen LogP contribution in [-0.4, -0.2) is 79.7 Å². The molecule has 1 aliphatic heterocycles. The number of amides is 2. The van der Waals surface area contributed by atoms with Gasteiger partial charge >= 0.3 is 0 Å². The fourth-order valence-corrected chi connectivity index (χ4v) is 5.96. The predicted molar refractivity (Wildman–Crippen MR) is 152 cm³/mol. The molecule has 38 heavy (non-hydrogen) atoms. The van der Waals surface area contributed by atoms with Crippen molar-refractivity contribution in [2.24, 2.45) is 0 Å². The summed E-state index contributed by atoms with van der Waals surface area (Å²) in [4.78, 5) is 34.0. The van der Waals surface area contributed by atoms with E-state index < -0.39 is 6.04 Å². The Bertz CT molecular complexity index is 1220. The van der Waals surface area contributed by atoms with E-state index in [2.05, 4.69) is 4.90 Å². The van der Waals surface area contributed by atoms with Crippen LogP contribution >= 0.6 is 11.8 Å². The van der Waals surface area contributed by atoms with Crippen LogP contribution in [0.4, 0.5) is 0 Å². The highest BCUT2D eigenvalue weighted by Crippen LogP contribution is 2.43. The SMILES string of the molecule is COc1ccc(C(=O)N2C(C(=O)N(CCN(C)C)Cc3ccccc3)CSC2c2ccccc2)cc1OC. The van der Waals surface area contributed by atoms with Crippen molar-refractivity contribution in [2.45, 2.75) is 18.0 Å². The Hall–Kier alpha value is -3.49. The van der Waals surface area contributed by atoms with Crippen molar-refractivity contribution < 1.29 is 19.1 Å². The Morgan fingerprint density at radius 2 is 1.55 bits per heavy atom. The molecule has 0 aromatic heterocycles. The summed E-state index contributed by atoms with van der Waals surface area (Å²) in [7, 11) is 7.10. The standard InChI is InChI=1S/C30H35N3O4S/c1-31(2)17-18-32(20-22-11-7-5-8-12-22)29(35)25-21-38-30(23-13-9-6-10-14-23)33(25)28(34)24-15-16-26(36-3)27(19-24)37-4/h5-16,19,25,30H,17-18,20-21H2,1-4H3. The summed E-state index contributed by atoms with van der Waals surface area (Å²) in [5.41, 5.74) is 2.50. The van der Waals surface area contributed by atoms with E-state index in [1.165, 1.54) is 0 Å². The zero-order valence-electron chi connectivity index (χ0n) is 22.4. The molecule has 0 N–H and O–H groups in total. The van der Waals surface area contributed by atoms with Gasteiger partial charge in [-0.3, -0.25) is 9.59 Å². The zero-order valence-corrected chi connectivity index (χ0v) is 23.2. The molecule has 3 aromatic carbocycles. The third kappa shape index (κ3) is 6.31. The average molecular weight is 534 g/mol. The lowest BCUT2D eigenvalue weighted by Gasteiger charge is -2.33. The first-order valence-electron chi connectivity index (χ1n) is 12.6. The van der Waals surface area contributed by atoms with E-state index in [4.69, 9.17) is 9.47 Å². The van der Waals surface area contributed by atoms with E-state index in [-0.39, 0.29) is 17.2 Å². The van der Waals surface area contributed by atoms with E-state index in [0.29, 0.717) is 35.9 Å². The lowest BCUT2D eigenvalue weighted by Crippen LogP contribution is -2.50. The largest absolute Gasteiger partial charge is 0.493 e. The summed E-state index contributed by atoms with van der Waals surface area (Å²) >= 11 is 1.62. The molecule has 8 heteroatoms. The van der Waals surface area contributed by atoms with Crippen LogP contribution in [-0.2, 0) is 11.3 Å². The summed E-state index contributed by atoms with van der Waals surface area (Å²) in [6.07, 6.45) is 0. The van der Waals surface area contributed by atoms with Gasteiger partial charge < -0.3 is 24.2 Å². The van der Waals surface area contributed by atoms with Gasteiger partial charge in [-0.1, -0.05) is 60.7 Å². The number of ether oxygens (including phenoxy) is 2. The second kappa shape index (κ2) is 12.8. The van der Waals surface area contributed by atoms with Gasteiger partial charge in [0.15, 0.2) is 11.5 Å². The smallest absolute Gasteiger partial charge is 0.255 e. The minimum atomic E-state index is -0.600. The third-order valence-corrected chi connectivity index (χ3v) is 7.90. The van der Waals surface area contributed by atoms with Gasteiger partial charge in [-0.25, -0.2) is 0 Å². The van der Waals surface area contributed by atoms with E-state index in [9.17, 15) is 9.59 Å². The molecular formula is C30H35N3O4S. The molecule has 2 atom stereocenters. The maximum Gasteiger partial charge on any atom is 0.255 e. The lowest BCUT2D eigenvalue weighted by atomic mass is 10.1. The van der Waals surface area contributed by atoms with Crippen molar-refractivity contribution in [1.82, 2.24) is 14.7 Å². The number of methoxy groups -OCH3 is 2. The van der Waals surface area contributed by atoms with E-state index in [1.54, 1.807) is 49.1 Å². The first-order chi connectivity index (χ1) is 18.4. The normalized spacial score (nSPS) is 16.9. The number of hydrogen-bond acceptors (Lipinski definition) is 6. The number of carbonyl (C=O) groups is 2. The van der Waals surface area contributed by atoms with Crippen LogP contribution in [0.2, 0.25) is 0 Å². The van der Waals surface area contributed by atoms with Crippen molar-refractivity contribution >= 4 is 23.6 Å². The second-order valence-electron chi connectivity index (χ2n) is 9.44. The van der Waals surface area contributed by atoms with Crippen LogP contribution < -0.4 is 9.47 Å². The van der Waals surface area contributed by atoms with Crippen molar-refractivity contribution in [1.29, 1.82) is 0 Å². The number of rotatable bonds is 10. The van der Waals surface area contributed by atoms with Crippen LogP contribution in [0.1, 0.15) is 26.9 Å². The fourth-order valence-electron chi connectivity index (χ4n) is 4.54. The van der Waals surface area contributed by atoms with E-state index in [1.807, 2.05) is 79.7 Å². The number of nitrogens with zero attached hydrogens (tertiary/aromatic N) is 3. The highest BCUT2D eigenvalue weighted by molar-refractivity contribution is 7.99. The minimum absolute atomic E-state index is 0.0459. The molecule has 3 aromatic rings. The van der Waals surface area contributed by atoms with Crippen molar-refractivity contribution in [2.75, 3.05) is 47.2 Å². The Morgan fingerprint density at radius 3 is 2.18 bits per heavy atom. The van der Waals surface area contributed by atoms with Crippen LogP contribution in [0.3, 0.4) is 0 Å². The highest BCUT2D eigenvalue weighted by Gasteiger charge is 2.44. The maximum absolute atomic E-state index is 14.2. The van der Waals surface area contributed by atoms with Gasteiger partial charge in [0, 0.05) is 31.0 Å². The van der Waals surface area contributed by atoms with Crippen molar-refractivity contribution in [3.63, 3.8) is 0 Å². The number of hydrogen-bond donors (Lipinski definition) is 0. The van der Waals surface area contributed by atoms with Crippen LogP contribution in [0.5, 0.6) is 11.5 Å². The van der Waals surface area contributed by atoms with Gasteiger partial charge in [0.05, 0.1) is 14.2 Å². The topological polar surface area (TPSA) is 62.3 Å². The molecule has 1 saturated heterocycles. The molecular weight excluding hydrogens is 498 g/mol. The molecule has 2 amide bonds. The molecule has 0 spiro atoms. The highest BCUT2D eigenvalue weighted by atomic mass is 32.2. The van der Waals surface area contributed by atoms with Gasteiger partial charge in [0.1, 0.15) is 11.4 Å². The quantitative estimate of drug-likeness (QED) is 0.381. The van der Waals surface area contributed by atoms with Gasteiger partial charge in [0.25, 0.3) is 5.91 Å². The Kier molecular flexibility index (Phi) is 9.31. The first-order valence-corrected chi connectivity index (χ1v) is 13.7. The van der Waals surface area contributed by atoms with Crippen molar-refractivity contribution in [3.8, 4) is 11.5 Å². The summed E-state index contributed by atoms with van der Waals surface area (Å²) in [6, 6.07) is 24.4. The molecule has 200 valence electrons. The summed E-state index contributed by atoms with van der Waals surface area (Å²) in [5, 5.41) is -0.279. The van der Waals surface area contributed by atoms with Gasteiger partial charge in [-0.15, -0.1) is 11.8 Å². The van der Waals surface area contributed by atoms with Crippen LogP contribution in [0.25, 0.3) is 0 Å². The third-order valence-electron chi connectivity index (χ3n) is 6.58. The van der Waals surface area contributed by atoms with E-state index in [0.717, 1.165) is 17.7 Å². The fraction of sp³-hybridized carbons (Fsp3) is 0.333. The zero-order chi connectivity index (χ0) is 27.1. The molecule has 2 unspecified atom stereocenters. The number of thioether (sulfide) groups is 1. The summed E-state index contributed by atoms with van der Waals surface area (Å²) in [5.74, 6) is 1.28. The van der Waals surface area contributed by atoms with Crippen molar-refractivity contribution in [3.05, 3.63) is 95.6 Å². The number of benzene rings is 3. The predicted octanol–water partition coefficient (Wildman–Crippen LogP) is 4.55. The Balaban J connectivity index is 1.69. The maximum atomic E-state index is 14.2. The second-order valence-corrected chi connectivity index (χ2v) is 10.6. The Morgan fingerprint density at radius 1 is 0.895 bits per heavy atom. The summed E-state index contributed by atoms with van der Waals surface area (Å²) < 4.78 is 10.8. The van der Waals surface area contributed by atoms with Gasteiger partial charge in [-0.05, 0) is 43.4 Å². The lowest BCUT2D eigenvalue weighted by molar-refractivity contribution is -0.136. The molecule has 0 radical (unpaired) electrons. The Labute approximate surface area is 229 Å². The minimum Gasteiger partial charge on any atom is -0.493 e. The van der Waals surface area contributed by atoms with Gasteiger partial charge in [-0.2, -0.15) is 0 Å². The first kappa shape index (κ1) is 27.5. The molecule has 1 fully saturated rings. The number of likely N-dealkylation sites (N-methyl/N-ethyl adjacent to an activating group) is 1.